The number of halogens is 1. The topological polar surface area (TPSA) is 39.2 Å². The molecule has 0 atom stereocenters. The first-order valence-corrected chi connectivity index (χ1v) is 5.85. The van der Waals surface area contributed by atoms with E-state index in [2.05, 4.69) is 20.9 Å². The third kappa shape index (κ3) is 3.14. The van der Waals surface area contributed by atoms with Crippen molar-refractivity contribution in [3.05, 3.63) is 52.8 Å². The van der Waals surface area contributed by atoms with Crippen molar-refractivity contribution >= 4 is 21.7 Å². The number of hydrogen-bond donors (Lipinski definition) is 0. The molecule has 1 aromatic carbocycles. The molecule has 0 bridgehead atoms. The standard InChI is InChI=1S/C13H10BrNO2/c1-9(16)13-7-6-12(8-15-13)17-11-4-2-10(14)3-5-11/h2-8H,1H3. The van der Waals surface area contributed by atoms with Crippen LogP contribution < -0.4 is 4.74 Å². The highest BCUT2D eigenvalue weighted by atomic mass is 79.9. The molecule has 1 aromatic heterocycles. The van der Waals surface area contributed by atoms with Crippen LogP contribution in [0.1, 0.15) is 17.4 Å². The molecule has 0 unspecified atom stereocenters. The van der Waals surface area contributed by atoms with E-state index in [1.165, 1.54) is 6.92 Å². The Kier molecular flexibility index (Phi) is 3.54. The summed E-state index contributed by atoms with van der Waals surface area (Å²) < 4.78 is 6.57. The number of nitrogens with zero attached hydrogens (tertiary/aromatic N) is 1. The Bertz CT molecular complexity index is 520. The number of aromatic nitrogens is 1. The number of pyridine rings is 1. The summed E-state index contributed by atoms with van der Waals surface area (Å²) in [4.78, 5) is 15.1. The van der Waals surface area contributed by atoms with E-state index in [9.17, 15) is 4.79 Å². The van der Waals surface area contributed by atoms with Crippen molar-refractivity contribution in [2.75, 3.05) is 0 Å². The zero-order valence-electron chi connectivity index (χ0n) is 9.18. The van der Waals surface area contributed by atoms with Crippen LogP contribution in [0.4, 0.5) is 0 Å². The predicted octanol–water partition coefficient (Wildman–Crippen LogP) is 3.84. The van der Waals surface area contributed by atoms with E-state index in [-0.39, 0.29) is 5.78 Å². The Labute approximate surface area is 108 Å². The molecule has 0 aliphatic rings. The summed E-state index contributed by atoms with van der Waals surface area (Å²) in [6.45, 7) is 1.48. The Morgan fingerprint density at radius 2 is 1.76 bits per heavy atom. The molecular weight excluding hydrogens is 282 g/mol. The van der Waals surface area contributed by atoms with E-state index >= 15 is 0 Å². The lowest BCUT2D eigenvalue weighted by molar-refractivity contribution is 0.101. The van der Waals surface area contributed by atoms with Gasteiger partial charge >= 0.3 is 0 Å². The molecule has 2 aromatic rings. The Morgan fingerprint density at radius 3 is 2.29 bits per heavy atom. The summed E-state index contributed by atoms with van der Waals surface area (Å²) in [6, 6.07) is 10.9. The number of benzene rings is 1. The van der Waals surface area contributed by atoms with Gasteiger partial charge in [0.2, 0.25) is 0 Å². The van der Waals surface area contributed by atoms with E-state index < -0.39 is 0 Å². The van der Waals surface area contributed by atoms with E-state index in [1.807, 2.05) is 24.3 Å². The second-order valence-corrected chi connectivity index (χ2v) is 4.41. The minimum absolute atomic E-state index is 0.0554. The fraction of sp³-hybridized carbons (Fsp3) is 0.0769. The molecule has 0 amide bonds. The largest absolute Gasteiger partial charge is 0.456 e. The van der Waals surface area contributed by atoms with E-state index in [4.69, 9.17) is 4.74 Å². The minimum Gasteiger partial charge on any atom is -0.456 e. The van der Waals surface area contributed by atoms with Gasteiger partial charge < -0.3 is 4.74 Å². The molecule has 17 heavy (non-hydrogen) atoms. The highest BCUT2D eigenvalue weighted by Gasteiger charge is 2.02. The Balaban J connectivity index is 2.13. The number of ketones is 1. The maximum atomic E-state index is 11.0. The van der Waals surface area contributed by atoms with Gasteiger partial charge in [-0.05, 0) is 36.4 Å². The zero-order chi connectivity index (χ0) is 12.3. The first kappa shape index (κ1) is 11.8. The quantitative estimate of drug-likeness (QED) is 0.807. The maximum absolute atomic E-state index is 11.0. The minimum atomic E-state index is -0.0554. The summed E-state index contributed by atoms with van der Waals surface area (Å²) in [5.41, 5.74) is 0.438. The van der Waals surface area contributed by atoms with Crippen molar-refractivity contribution < 1.29 is 9.53 Å². The average molecular weight is 292 g/mol. The van der Waals surface area contributed by atoms with Crippen LogP contribution in [0.3, 0.4) is 0 Å². The summed E-state index contributed by atoms with van der Waals surface area (Å²) in [5.74, 6) is 1.28. The number of carbonyl (C=O) groups is 1. The molecule has 0 aliphatic carbocycles. The second kappa shape index (κ2) is 5.10. The van der Waals surface area contributed by atoms with Crippen LogP contribution in [-0.2, 0) is 0 Å². The molecule has 0 aliphatic heterocycles. The fourth-order valence-electron chi connectivity index (χ4n) is 1.29. The van der Waals surface area contributed by atoms with E-state index in [1.54, 1.807) is 18.3 Å². The zero-order valence-corrected chi connectivity index (χ0v) is 10.8. The number of hydrogen-bond acceptors (Lipinski definition) is 3. The molecule has 0 saturated carbocycles. The van der Waals surface area contributed by atoms with Crippen molar-refractivity contribution in [3.63, 3.8) is 0 Å². The average Bonchev–Trinajstić information content (AvgIpc) is 2.33. The van der Waals surface area contributed by atoms with Crippen LogP contribution in [0.5, 0.6) is 11.5 Å². The molecule has 0 N–H and O–H groups in total. The van der Waals surface area contributed by atoms with Gasteiger partial charge in [0.1, 0.15) is 17.2 Å². The lowest BCUT2D eigenvalue weighted by Gasteiger charge is -2.05. The summed E-state index contributed by atoms with van der Waals surface area (Å²) in [5, 5.41) is 0. The smallest absolute Gasteiger partial charge is 0.178 e. The van der Waals surface area contributed by atoms with Crippen molar-refractivity contribution in [3.8, 4) is 11.5 Å². The lowest BCUT2D eigenvalue weighted by Crippen LogP contribution is -1.95. The van der Waals surface area contributed by atoms with E-state index in [0.29, 0.717) is 11.4 Å². The molecule has 0 saturated heterocycles. The predicted molar refractivity (Wildman–Crippen MR) is 68.5 cm³/mol. The van der Waals surface area contributed by atoms with Gasteiger partial charge in [-0.15, -0.1) is 0 Å². The maximum Gasteiger partial charge on any atom is 0.178 e. The lowest BCUT2D eigenvalue weighted by atomic mass is 10.3. The molecule has 3 nitrogen and oxygen atoms in total. The molecule has 0 fully saturated rings. The monoisotopic (exact) mass is 291 g/mol. The highest BCUT2D eigenvalue weighted by Crippen LogP contribution is 2.22. The first-order chi connectivity index (χ1) is 8.15. The van der Waals surface area contributed by atoms with Crippen LogP contribution in [0.2, 0.25) is 0 Å². The Hall–Kier alpha value is -1.68. The van der Waals surface area contributed by atoms with Crippen LogP contribution in [0, 0.1) is 0 Å². The second-order valence-electron chi connectivity index (χ2n) is 3.49. The SMILES string of the molecule is CC(=O)c1ccc(Oc2ccc(Br)cc2)cn1. The number of carbonyl (C=O) groups excluding carboxylic acids is 1. The van der Waals surface area contributed by atoms with Gasteiger partial charge in [0.15, 0.2) is 5.78 Å². The van der Waals surface area contributed by atoms with Gasteiger partial charge in [-0.2, -0.15) is 0 Å². The Morgan fingerprint density at radius 1 is 1.12 bits per heavy atom. The van der Waals surface area contributed by atoms with Gasteiger partial charge in [0, 0.05) is 11.4 Å². The van der Waals surface area contributed by atoms with Crippen LogP contribution in [0.15, 0.2) is 47.1 Å². The molecule has 2 rings (SSSR count). The normalized spacial score (nSPS) is 10.0. The molecule has 86 valence electrons. The fourth-order valence-corrected chi connectivity index (χ4v) is 1.55. The summed E-state index contributed by atoms with van der Waals surface area (Å²) in [6.07, 6.45) is 1.54. The van der Waals surface area contributed by atoms with Gasteiger partial charge in [-0.3, -0.25) is 4.79 Å². The van der Waals surface area contributed by atoms with Crippen LogP contribution in [0.25, 0.3) is 0 Å². The van der Waals surface area contributed by atoms with Crippen molar-refractivity contribution in [2.24, 2.45) is 0 Å². The number of ether oxygens (including phenoxy) is 1. The molecule has 1 heterocycles. The van der Waals surface area contributed by atoms with Crippen molar-refractivity contribution in [1.29, 1.82) is 0 Å². The van der Waals surface area contributed by atoms with Gasteiger partial charge in [-0.25, -0.2) is 4.98 Å². The molecule has 0 spiro atoms. The first-order valence-electron chi connectivity index (χ1n) is 5.05. The van der Waals surface area contributed by atoms with Gasteiger partial charge in [-0.1, -0.05) is 15.9 Å². The van der Waals surface area contributed by atoms with Crippen molar-refractivity contribution in [1.82, 2.24) is 4.98 Å². The number of Topliss-reactive ketones (excluding diaryl/α,β-unsaturated/α-hetero) is 1. The summed E-state index contributed by atoms with van der Waals surface area (Å²) in [7, 11) is 0. The third-order valence-corrected chi connectivity index (χ3v) is 2.68. The molecule has 0 radical (unpaired) electrons. The van der Waals surface area contributed by atoms with Crippen molar-refractivity contribution in [2.45, 2.75) is 6.92 Å². The van der Waals surface area contributed by atoms with Gasteiger partial charge in [0.25, 0.3) is 0 Å². The van der Waals surface area contributed by atoms with E-state index in [0.717, 1.165) is 10.2 Å². The highest BCUT2D eigenvalue weighted by molar-refractivity contribution is 9.10. The summed E-state index contributed by atoms with van der Waals surface area (Å²) >= 11 is 3.35. The van der Waals surface area contributed by atoms with Crippen LogP contribution in [-0.4, -0.2) is 10.8 Å². The third-order valence-electron chi connectivity index (χ3n) is 2.15. The number of rotatable bonds is 3. The van der Waals surface area contributed by atoms with Crippen LogP contribution >= 0.6 is 15.9 Å². The molecule has 4 heteroatoms. The molecular formula is C13H10BrNO2. The van der Waals surface area contributed by atoms with Gasteiger partial charge in [0.05, 0.1) is 6.20 Å².